The summed E-state index contributed by atoms with van der Waals surface area (Å²) >= 11 is 3.76. The normalized spacial score (nSPS) is 25.9. The SMILES string of the molecule is O=C1OC2C3c4ccccc4C(c4c3sc3c4sc4cc5ccccc5cc43)C2O1. The van der Waals surface area contributed by atoms with Gasteiger partial charge in [0.25, 0.3) is 0 Å². The lowest BCUT2D eigenvalue weighted by Crippen LogP contribution is -2.44. The van der Waals surface area contributed by atoms with Gasteiger partial charge in [0.15, 0.2) is 12.2 Å². The Hall–Kier alpha value is -2.89. The lowest BCUT2D eigenvalue weighted by molar-refractivity contribution is 0.105. The van der Waals surface area contributed by atoms with Gasteiger partial charge in [-0.15, -0.1) is 22.7 Å². The Labute approximate surface area is 179 Å². The first kappa shape index (κ1) is 15.9. The molecule has 4 atom stereocenters. The highest BCUT2D eigenvalue weighted by atomic mass is 32.1. The van der Waals surface area contributed by atoms with Crippen LogP contribution in [0.5, 0.6) is 0 Å². The van der Waals surface area contributed by atoms with Gasteiger partial charge in [-0.25, -0.2) is 4.79 Å². The van der Waals surface area contributed by atoms with E-state index in [-0.39, 0.29) is 24.0 Å². The molecule has 0 N–H and O–H groups in total. The molecule has 144 valence electrons. The quantitative estimate of drug-likeness (QED) is 0.257. The summed E-state index contributed by atoms with van der Waals surface area (Å²) in [6.07, 6.45) is -0.974. The van der Waals surface area contributed by atoms with Crippen molar-refractivity contribution in [3.8, 4) is 0 Å². The number of benzene rings is 3. The van der Waals surface area contributed by atoms with Crippen molar-refractivity contribution in [2.24, 2.45) is 0 Å². The fraction of sp³-hybridized carbons (Fsp3) is 0.160. The van der Waals surface area contributed by atoms with E-state index in [0.29, 0.717) is 0 Å². The first-order valence-corrected chi connectivity index (χ1v) is 11.7. The first-order chi connectivity index (χ1) is 14.8. The zero-order valence-corrected chi connectivity index (χ0v) is 17.3. The molecule has 0 spiro atoms. The van der Waals surface area contributed by atoms with E-state index in [1.165, 1.54) is 51.8 Å². The molecule has 4 aliphatic rings. The van der Waals surface area contributed by atoms with Crippen molar-refractivity contribution in [2.45, 2.75) is 24.0 Å². The van der Waals surface area contributed by atoms with Gasteiger partial charge in [0.1, 0.15) is 0 Å². The number of hydrogen-bond acceptors (Lipinski definition) is 5. The Morgan fingerprint density at radius 1 is 0.733 bits per heavy atom. The molecule has 4 unspecified atom stereocenters. The van der Waals surface area contributed by atoms with Crippen LogP contribution in [0.25, 0.3) is 30.3 Å². The summed E-state index contributed by atoms with van der Waals surface area (Å²) in [6, 6.07) is 21.8. The number of thiophene rings is 2. The molecule has 3 heterocycles. The van der Waals surface area contributed by atoms with Gasteiger partial charge >= 0.3 is 6.16 Å². The minimum atomic E-state index is -0.526. The van der Waals surface area contributed by atoms with Gasteiger partial charge < -0.3 is 9.47 Å². The molecular formula is C25H14O3S2. The molecule has 5 heteroatoms. The number of fused-ring (bicyclic) bond motifs is 4. The summed E-state index contributed by atoms with van der Waals surface area (Å²) in [5.74, 6) is 0.117. The smallest absolute Gasteiger partial charge is 0.426 e. The van der Waals surface area contributed by atoms with Gasteiger partial charge in [-0.05, 0) is 39.6 Å². The van der Waals surface area contributed by atoms with Crippen LogP contribution in [0.2, 0.25) is 0 Å². The van der Waals surface area contributed by atoms with E-state index in [4.69, 9.17) is 9.47 Å². The largest absolute Gasteiger partial charge is 0.509 e. The molecule has 1 fully saturated rings. The maximum absolute atomic E-state index is 12.1. The monoisotopic (exact) mass is 426 g/mol. The highest BCUT2D eigenvalue weighted by Crippen LogP contribution is 2.62. The summed E-state index contributed by atoms with van der Waals surface area (Å²) in [4.78, 5) is 13.4. The molecule has 2 bridgehead atoms. The number of ether oxygens (including phenoxy) is 2. The molecule has 9 rings (SSSR count). The lowest BCUT2D eigenvalue weighted by atomic mass is 9.64. The molecule has 3 aromatic carbocycles. The third-order valence-electron chi connectivity index (χ3n) is 6.94. The van der Waals surface area contributed by atoms with Crippen molar-refractivity contribution in [1.29, 1.82) is 0 Å². The van der Waals surface area contributed by atoms with E-state index < -0.39 is 6.16 Å². The van der Waals surface area contributed by atoms with Gasteiger partial charge in [0.05, 0.1) is 21.2 Å². The highest BCUT2D eigenvalue weighted by molar-refractivity contribution is 7.33. The molecule has 30 heavy (non-hydrogen) atoms. The van der Waals surface area contributed by atoms with Gasteiger partial charge in [0.2, 0.25) is 0 Å². The van der Waals surface area contributed by atoms with Gasteiger partial charge in [0, 0.05) is 15.0 Å². The van der Waals surface area contributed by atoms with Crippen LogP contribution in [0.1, 0.15) is 33.4 Å². The zero-order valence-electron chi connectivity index (χ0n) is 15.6. The van der Waals surface area contributed by atoms with Crippen LogP contribution in [0.4, 0.5) is 4.79 Å². The van der Waals surface area contributed by atoms with Crippen molar-refractivity contribution >= 4 is 59.1 Å². The third-order valence-corrected chi connectivity index (χ3v) is 9.57. The van der Waals surface area contributed by atoms with Gasteiger partial charge in [-0.1, -0.05) is 48.5 Å². The molecule has 0 radical (unpaired) electrons. The van der Waals surface area contributed by atoms with Crippen LogP contribution in [0.3, 0.4) is 0 Å². The second-order valence-electron chi connectivity index (χ2n) is 8.34. The fourth-order valence-electron chi connectivity index (χ4n) is 5.78. The second kappa shape index (κ2) is 5.23. The van der Waals surface area contributed by atoms with Crippen molar-refractivity contribution in [2.75, 3.05) is 0 Å². The number of rotatable bonds is 0. The molecule has 0 amide bonds. The summed E-state index contributed by atoms with van der Waals surface area (Å²) < 4.78 is 15.4. The van der Waals surface area contributed by atoms with Gasteiger partial charge in [-0.3, -0.25) is 0 Å². The van der Waals surface area contributed by atoms with Crippen molar-refractivity contribution in [1.82, 2.24) is 0 Å². The molecule has 3 aliphatic carbocycles. The minimum absolute atomic E-state index is 0.0499. The van der Waals surface area contributed by atoms with Crippen LogP contribution in [-0.4, -0.2) is 18.4 Å². The third kappa shape index (κ3) is 1.76. The van der Waals surface area contributed by atoms with E-state index in [0.717, 1.165) is 0 Å². The predicted octanol–water partition coefficient (Wildman–Crippen LogP) is 6.76. The highest BCUT2D eigenvalue weighted by Gasteiger charge is 2.58. The van der Waals surface area contributed by atoms with Crippen LogP contribution >= 0.6 is 22.7 Å². The van der Waals surface area contributed by atoms with E-state index in [9.17, 15) is 4.79 Å². The van der Waals surface area contributed by atoms with E-state index in [1.807, 2.05) is 22.7 Å². The molecule has 3 nitrogen and oxygen atoms in total. The minimum Gasteiger partial charge on any atom is -0.426 e. The molecular weight excluding hydrogens is 412 g/mol. The Morgan fingerprint density at radius 2 is 1.40 bits per heavy atom. The van der Waals surface area contributed by atoms with Crippen LogP contribution < -0.4 is 0 Å². The van der Waals surface area contributed by atoms with Crippen LogP contribution in [-0.2, 0) is 9.47 Å². The zero-order chi connectivity index (χ0) is 19.6. The Morgan fingerprint density at radius 3 is 2.20 bits per heavy atom. The summed E-state index contributed by atoms with van der Waals surface area (Å²) in [5, 5.41) is 3.88. The molecule has 1 saturated heterocycles. The van der Waals surface area contributed by atoms with Gasteiger partial charge in [-0.2, -0.15) is 0 Å². The fourth-order valence-corrected chi connectivity index (χ4v) is 8.82. The Balaban J connectivity index is 1.48. The molecule has 2 aromatic heterocycles. The van der Waals surface area contributed by atoms with E-state index in [1.54, 1.807) is 0 Å². The number of carbonyl (C=O) groups is 1. The maximum atomic E-state index is 12.1. The Bertz CT molecular complexity index is 1560. The Kier molecular flexibility index (Phi) is 2.77. The molecule has 0 saturated carbocycles. The molecule has 1 aliphatic heterocycles. The summed E-state index contributed by atoms with van der Waals surface area (Å²) in [5.41, 5.74) is 3.94. The second-order valence-corrected chi connectivity index (χ2v) is 10.4. The summed E-state index contributed by atoms with van der Waals surface area (Å²) in [7, 11) is 0. The predicted molar refractivity (Wildman–Crippen MR) is 120 cm³/mol. The van der Waals surface area contributed by atoms with Crippen molar-refractivity contribution < 1.29 is 14.3 Å². The van der Waals surface area contributed by atoms with Crippen LogP contribution in [0.15, 0.2) is 60.7 Å². The standard InChI is InChI=1S/C25H14O3S2/c26-25-27-20-17-13-7-3-4-8-14(13)18(21(20)28-25)23-19(17)24-22(30-23)15-9-11-5-1-2-6-12(11)10-16(15)29-24/h1-10,17-18,20-21H. The first-order valence-electron chi connectivity index (χ1n) is 10.1. The molecule has 5 aromatic rings. The van der Waals surface area contributed by atoms with Crippen LogP contribution in [0, 0.1) is 0 Å². The van der Waals surface area contributed by atoms with E-state index in [2.05, 4.69) is 60.7 Å². The van der Waals surface area contributed by atoms with Crippen molar-refractivity contribution in [3.05, 3.63) is 82.2 Å². The summed E-state index contributed by atoms with van der Waals surface area (Å²) in [6.45, 7) is 0. The number of hydrogen-bond donors (Lipinski definition) is 0. The maximum Gasteiger partial charge on any atom is 0.509 e. The van der Waals surface area contributed by atoms with Crippen molar-refractivity contribution in [3.63, 3.8) is 0 Å². The number of carbonyl (C=O) groups excluding carboxylic acids is 1. The lowest BCUT2D eigenvalue weighted by Gasteiger charge is -2.43. The topological polar surface area (TPSA) is 35.5 Å². The van der Waals surface area contributed by atoms with E-state index >= 15 is 0 Å². The average molecular weight is 427 g/mol. The average Bonchev–Trinajstić information content (AvgIpc) is 3.43.